The molecule has 2 nitrogen and oxygen atoms in total. The largest absolute Gasteiger partial charge is 0.301 e. The Morgan fingerprint density at radius 3 is 2.21 bits per heavy atom. The van der Waals surface area contributed by atoms with Gasteiger partial charge in [-0.25, -0.2) is 13.8 Å². The molecule has 1 atom stereocenters. The molecule has 0 bridgehead atoms. The molecule has 4 heteroatoms. The first-order chi connectivity index (χ1) is 13.2. The second kappa shape index (κ2) is 11.4. The van der Waals surface area contributed by atoms with Crippen molar-refractivity contribution < 1.29 is 8.78 Å². The molecule has 0 aromatic heterocycles. The molecule has 0 fully saturated rings. The van der Waals surface area contributed by atoms with E-state index >= 15 is 0 Å². The summed E-state index contributed by atoms with van der Waals surface area (Å²) in [4.78, 5) is 0. The zero-order valence-corrected chi connectivity index (χ0v) is 18.6. The van der Waals surface area contributed by atoms with Gasteiger partial charge in [-0.1, -0.05) is 52.5 Å². The maximum atomic E-state index is 13.8. The van der Waals surface area contributed by atoms with E-state index in [1.807, 2.05) is 19.0 Å². The summed E-state index contributed by atoms with van der Waals surface area (Å²) >= 11 is 0. The number of halogens is 2. The molecule has 0 aromatic carbocycles. The highest BCUT2D eigenvalue weighted by Crippen LogP contribution is 2.36. The lowest BCUT2D eigenvalue weighted by Gasteiger charge is -2.48. The molecular weight excluding hydrogens is 354 g/mol. The highest BCUT2D eigenvalue weighted by molar-refractivity contribution is 5.49. The van der Waals surface area contributed by atoms with Crippen LogP contribution in [0.3, 0.4) is 0 Å². The lowest BCUT2D eigenvalue weighted by Crippen LogP contribution is -2.52. The van der Waals surface area contributed by atoms with Gasteiger partial charge in [0.1, 0.15) is 13.3 Å². The fraction of sp³-hybridized carbons (Fsp3) is 0.583. The van der Waals surface area contributed by atoms with Crippen molar-refractivity contribution in [3.8, 4) is 0 Å². The zero-order chi connectivity index (χ0) is 21.4. The summed E-state index contributed by atoms with van der Waals surface area (Å²) in [7, 11) is 2.02. The van der Waals surface area contributed by atoms with Crippen molar-refractivity contribution in [3.63, 3.8) is 0 Å². The van der Waals surface area contributed by atoms with E-state index in [-0.39, 0.29) is 6.04 Å². The number of nitrogens with zero attached hydrogens (tertiary/aromatic N) is 2. The van der Waals surface area contributed by atoms with Crippen molar-refractivity contribution in [1.82, 2.24) is 10.0 Å². The van der Waals surface area contributed by atoms with Gasteiger partial charge in [0.2, 0.25) is 0 Å². The summed E-state index contributed by atoms with van der Waals surface area (Å²) in [6, 6.07) is 0.194. The van der Waals surface area contributed by atoms with Crippen LogP contribution in [0.4, 0.5) is 8.78 Å². The molecule has 0 aliphatic carbocycles. The van der Waals surface area contributed by atoms with Gasteiger partial charge in [0, 0.05) is 12.6 Å². The van der Waals surface area contributed by atoms with Crippen molar-refractivity contribution in [1.29, 1.82) is 0 Å². The normalized spacial score (nSPS) is 19.8. The second-order valence-corrected chi connectivity index (χ2v) is 8.13. The highest BCUT2D eigenvalue weighted by Gasteiger charge is 2.34. The molecule has 1 aliphatic rings. The lowest BCUT2D eigenvalue weighted by atomic mass is 9.87. The Bertz CT molecular complexity index is 656. The van der Waals surface area contributed by atoms with E-state index in [1.165, 1.54) is 5.57 Å². The van der Waals surface area contributed by atoms with Crippen molar-refractivity contribution in [2.24, 2.45) is 5.92 Å². The van der Waals surface area contributed by atoms with Crippen molar-refractivity contribution >= 4 is 0 Å². The molecule has 0 saturated carbocycles. The average molecular weight is 393 g/mol. The first-order valence-electron chi connectivity index (χ1n) is 10.2. The number of likely N-dealkylation sites (N-methyl/N-ethyl adjacent to an activating group) is 1. The SMILES string of the molecule is C=C(C)C1=C(C)C(C(C)C)N(C)N(C/C(=C/C=C(\CF)CCCC)CF)C1=C. The quantitative estimate of drug-likeness (QED) is 0.388. The average Bonchev–Trinajstić information content (AvgIpc) is 2.62. The van der Waals surface area contributed by atoms with Gasteiger partial charge in [-0.3, -0.25) is 0 Å². The van der Waals surface area contributed by atoms with Crippen LogP contribution in [-0.4, -0.2) is 43.0 Å². The van der Waals surface area contributed by atoms with Crippen LogP contribution in [0.5, 0.6) is 0 Å². The topological polar surface area (TPSA) is 6.48 Å². The Balaban J connectivity index is 3.19. The van der Waals surface area contributed by atoms with Crippen LogP contribution in [0.1, 0.15) is 53.9 Å². The monoisotopic (exact) mass is 392 g/mol. The third kappa shape index (κ3) is 5.91. The molecule has 0 saturated heterocycles. The van der Waals surface area contributed by atoms with E-state index in [2.05, 4.69) is 45.9 Å². The van der Waals surface area contributed by atoms with Crippen LogP contribution < -0.4 is 0 Å². The van der Waals surface area contributed by atoms with Gasteiger partial charge >= 0.3 is 0 Å². The minimum atomic E-state index is -0.571. The summed E-state index contributed by atoms with van der Waals surface area (Å²) < 4.78 is 27.0. The third-order valence-corrected chi connectivity index (χ3v) is 5.38. The van der Waals surface area contributed by atoms with Crippen LogP contribution in [0.15, 0.2) is 58.9 Å². The number of allylic oxidation sites excluding steroid dienone is 4. The van der Waals surface area contributed by atoms with E-state index < -0.39 is 13.3 Å². The van der Waals surface area contributed by atoms with Crippen LogP contribution in [0.2, 0.25) is 0 Å². The van der Waals surface area contributed by atoms with E-state index in [9.17, 15) is 8.78 Å². The van der Waals surface area contributed by atoms with Crippen LogP contribution in [0.25, 0.3) is 0 Å². The summed E-state index contributed by atoms with van der Waals surface area (Å²) in [5, 5.41) is 4.18. The molecule has 1 rings (SSSR count). The third-order valence-electron chi connectivity index (χ3n) is 5.38. The lowest BCUT2D eigenvalue weighted by molar-refractivity contribution is -0.00843. The van der Waals surface area contributed by atoms with Crippen LogP contribution in [0, 0.1) is 5.92 Å². The Morgan fingerprint density at radius 2 is 1.75 bits per heavy atom. The van der Waals surface area contributed by atoms with E-state index in [4.69, 9.17) is 0 Å². The number of alkyl halides is 2. The Hall–Kier alpha value is -1.68. The second-order valence-electron chi connectivity index (χ2n) is 8.13. The number of hydrogen-bond donors (Lipinski definition) is 0. The standard InChI is InChI=1S/C24H38F2N2/c1-9-10-11-21(14-25)12-13-22(15-26)16-28-20(7)23(17(2)3)19(6)24(18(4)5)27(28)8/h12-13,18,24H,2,7,9-11,14-16H2,1,3-6,8H3/b21-12-,22-13+. The van der Waals surface area contributed by atoms with Gasteiger partial charge < -0.3 is 5.01 Å². The molecule has 1 aliphatic heterocycles. The molecule has 0 N–H and O–H groups in total. The van der Waals surface area contributed by atoms with E-state index in [0.29, 0.717) is 18.0 Å². The number of unbranched alkanes of at least 4 members (excludes halogenated alkanes) is 1. The van der Waals surface area contributed by atoms with E-state index in [0.717, 1.165) is 41.7 Å². The number of rotatable bonds is 10. The Morgan fingerprint density at radius 1 is 1.18 bits per heavy atom. The first-order valence-corrected chi connectivity index (χ1v) is 10.2. The summed E-state index contributed by atoms with van der Waals surface area (Å²) in [6.45, 7) is 18.3. The fourth-order valence-electron chi connectivity index (χ4n) is 4.01. The first kappa shape index (κ1) is 24.4. The zero-order valence-electron chi connectivity index (χ0n) is 18.6. The molecule has 0 radical (unpaired) electrons. The maximum absolute atomic E-state index is 13.8. The minimum Gasteiger partial charge on any atom is -0.301 e. The smallest absolute Gasteiger partial charge is 0.113 e. The van der Waals surface area contributed by atoms with Gasteiger partial charge in [0.05, 0.1) is 18.3 Å². The number of hydrogen-bond acceptors (Lipinski definition) is 2. The minimum absolute atomic E-state index is 0.194. The fourth-order valence-corrected chi connectivity index (χ4v) is 4.01. The van der Waals surface area contributed by atoms with Gasteiger partial charge in [0.25, 0.3) is 0 Å². The predicted octanol–water partition coefficient (Wildman–Crippen LogP) is 6.56. The predicted molar refractivity (Wildman–Crippen MR) is 117 cm³/mol. The Kier molecular flexibility index (Phi) is 9.88. The molecule has 28 heavy (non-hydrogen) atoms. The highest BCUT2D eigenvalue weighted by atomic mass is 19.1. The molecule has 0 amide bonds. The summed E-state index contributed by atoms with van der Waals surface area (Å²) in [5.41, 5.74) is 5.45. The summed E-state index contributed by atoms with van der Waals surface area (Å²) in [6.07, 6.45) is 6.17. The van der Waals surface area contributed by atoms with Gasteiger partial charge in [-0.2, -0.15) is 0 Å². The van der Waals surface area contributed by atoms with Gasteiger partial charge in [-0.05, 0) is 54.9 Å². The molecule has 0 aromatic rings. The van der Waals surface area contributed by atoms with Gasteiger partial charge in [-0.15, -0.1) is 0 Å². The van der Waals surface area contributed by atoms with Crippen molar-refractivity contribution in [2.45, 2.75) is 59.9 Å². The van der Waals surface area contributed by atoms with E-state index in [1.54, 1.807) is 12.2 Å². The van der Waals surface area contributed by atoms with Crippen molar-refractivity contribution in [3.05, 3.63) is 58.9 Å². The molecule has 1 heterocycles. The molecular formula is C24H38F2N2. The van der Waals surface area contributed by atoms with Crippen molar-refractivity contribution in [2.75, 3.05) is 26.9 Å². The van der Waals surface area contributed by atoms with Crippen LogP contribution in [-0.2, 0) is 0 Å². The maximum Gasteiger partial charge on any atom is 0.113 e. The molecule has 1 unspecified atom stereocenters. The number of hydrazine groups is 1. The molecule has 158 valence electrons. The Labute approximate surface area is 170 Å². The van der Waals surface area contributed by atoms with Gasteiger partial charge in [0.15, 0.2) is 0 Å². The summed E-state index contributed by atoms with van der Waals surface area (Å²) in [5.74, 6) is 0.389. The molecule has 0 spiro atoms. The van der Waals surface area contributed by atoms with Crippen LogP contribution >= 0.6 is 0 Å².